The van der Waals surface area contributed by atoms with Gasteiger partial charge in [-0.2, -0.15) is 0 Å². The van der Waals surface area contributed by atoms with Gasteiger partial charge in [-0.3, -0.25) is 4.79 Å². The number of hydrogen-bond acceptors (Lipinski definition) is 6. The van der Waals surface area contributed by atoms with E-state index in [0.29, 0.717) is 12.3 Å². The zero-order valence-corrected chi connectivity index (χ0v) is 15.6. The van der Waals surface area contributed by atoms with E-state index >= 15 is 0 Å². The van der Waals surface area contributed by atoms with Crippen molar-refractivity contribution < 1.29 is 4.79 Å². The van der Waals surface area contributed by atoms with E-state index < -0.39 is 0 Å². The largest absolute Gasteiger partial charge is 0.375 e. The molecular weight excluding hydrogens is 352 g/mol. The molecule has 0 aliphatic rings. The normalized spacial score (nSPS) is 10.8. The average molecular weight is 373 g/mol. The average Bonchev–Trinajstić information content (AvgIpc) is 3.13. The van der Waals surface area contributed by atoms with Gasteiger partial charge >= 0.3 is 0 Å². The maximum atomic E-state index is 12.0. The Balaban J connectivity index is 1.38. The van der Waals surface area contributed by atoms with Gasteiger partial charge in [0.25, 0.3) is 0 Å². The lowest BCUT2D eigenvalue weighted by molar-refractivity contribution is -0.118. The molecule has 0 spiro atoms. The molecule has 2 aromatic heterocycles. The Kier molecular flexibility index (Phi) is 6.25. The summed E-state index contributed by atoms with van der Waals surface area (Å²) >= 11 is 3.07. The number of nitrogens with zero attached hydrogens (tertiary/aromatic N) is 3. The molecule has 0 atom stereocenters. The minimum Gasteiger partial charge on any atom is -0.375 e. The van der Waals surface area contributed by atoms with Gasteiger partial charge in [-0.1, -0.05) is 30.0 Å². The summed E-state index contributed by atoms with van der Waals surface area (Å²) in [6, 6.07) is 12.2. The summed E-state index contributed by atoms with van der Waals surface area (Å²) in [6.07, 6.45) is 2.46. The predicted octanol–water partition coefficient (Wildman–Crippen LogP) is 3.43. The molecule has 0 unspecified atom stereocenters. The number of nitrogens with one attached hydrogen (secondary N) is 1. The summed E-state index contributed by atoms with van der Waals surface area (Å²) in [4.78, 5) is 22.7. The van der Waals surface area contributed by atoms with Crippen LogP contribution in [0, 0.1) is 0 Å². The number of anilines is 1. The number of fused-ring (bicyclic) bond motifs is 1. The number of carbonyl (C=O) groups excluding carboxylic acids is 1. The molecule has 5 nitrogen and oxygen atoms in total. The highest BCUT2D eigenvalue weighted by Crippen LogP contribution is 2.28. The molecule has 3 aromatic rings. The van der Waals surface area contributed by atoms with Crippen LogP contribution in [0.3, 0.4) is 0 Å². The molecule has 0 saturated heterocycles. The van der Waals surface area contributed by atoms with Crippen LogP contribution in [-0.2, 0) is 4.79 Å². The van der Waals surface area contributed by atoms with Gasteiger partial charge in [0.15, 0.2) is 0 Å². The SMILES string of the molecule is CN(CCCNC(=O)CSc1ncnc2ccsc12)c1ccccc1. The predicted molar refractivity (Wildman–Crippen MR) is 105 cm³/mol. The molecule has 130 valence electrons. The van der Waals surface area contributed by atoms with E-state index in [4.69, 9.17) is 0 Å². The standard InChI is InChI=1S/C18H20N4OS2/c1-22(14-6-3-2-4-7-14)10-5-9-19-16(23)12-25-18-17-15(8-11-24-17)20-13-21-18/h2-4,6-8,11,13H,5,9-10,12H2,1H3,(H,19,23). The fraction of sp³-hybridized carbons (Fsp3) is 0.278. The number of benzene rings is 1. The van der Waals surface area contributed by atoms with E-state index in [2.05, 4.69) is 39.4 Å². The topological polar surface area (TPSA) is 58.1 Å². The van der Waals surface area contributed by atoms with Crippen molar-refractivity contribution in [3.8, 4) is 0 Å². The van der Waals surface area contributed by atoms with Crippen LogP contribution in [0.25, 0.3) is 10.2 Å². The highest BCUT2D eigenvalue weighted by atomic mass is 32.2. The second kappa shape index (κ2) is 8.82. The van der Waals surface area contributed by atoms with Crippen molar-refractivity contribution in [3.05, 3.63) is 48.1 Å². The van der Waals surface area contributed by atoms with Crippen molar-refractivity contribution in [2.24, 2.45) is 0 Å². The Bertz CT molecular complexity index is 822. The summed E-state index contributed by atoms with van der Waals surface area (Å²) in [5.41, 5.74) is 2.12. The lowest BCUT2D eigenvalue weighted by Crippen LogP contribution is -2.29. The molecule has 0 bridgehead atoms. The monoisotopic (exact) mass is 372 g/mol. The molecule has 0 saturated carbocycles. The Labute approximate surface area is 155 Å². The smallest absolute Gasteiger partial charge is 0.230 e. The van der Waals surface area contributed by atoms with Gasteiger partial charge in [-0.15, -0.1) is 11.3 Å². The Morgan fingerprint density at radius 2 is 2.08 bits per heavy atom. The highest BCUT2D eigenvalue weighted by Gasteiger charge is 2.08. The fourth-order valence-electron chi connectivity index (χ4n) is 2.41. The number of rotatable bonds is 8. The van der Waals surface area contributed by atoms with Gasteiger partial charge < -0.3 is 10.2 Å². The van der Waals surface area contributed by atoms with Gasteiger partial charge in [0.05, 0.1) is 16.0 Å². The Hall–Kier alpha value is -2.12. The molecule has 1 amide bonds. The van der Waals surface area contributed by atoms with Crippen molar-refractivity contribution in [3.63, 3.8) is 0 Å². The van der Waals surface area contributed by atoms with Crippen LogP contribution in [0.2, 0.25) is 0 Å². The lowest BCUT2D eigenvalue weighted by atomic mass is 10.3. The van der Waals surface area contributed by atoms with E-state index in [-0.39, 0.29) is 5.91 Å². The third-order valence-corrected chi connectivity index (χ3v) is 5.77. The van der Waals surface area contributed by atoms with E-state index in [1.807, 2.05) is 29.6 Å². The van der Waals surface area contributed by atoms with Crippen LogP contribution in [0.1, 0.15) is 6.42 Å². The molecule has 0 radical (unpaired) electrons. The van der Waals surface area contributed by atoms with Gasteiger partial charge in [-0.05, 0) is 30.0 Å². The lowest BCUT2D eigenvalue weighted by Gasteiger charge is -2.19. The maximum Gasteiger partial charge on any atom is 0.230 e. The van der Waals surface area contributed by atoms with Gasteiger partial charge in [0, 0.05) is 25.8 Å². The van der Waals surface area contributed by atoms with E-state index in [9.17, 15) is 4.79 Å². The van der Waals surface area contributed by atoms with Crippen LogP contribution >= 0.6 is 23.1 Å². The minimum absolute atomic E-state index is 0.0377. The molecule has 3 rings (SSSR count). The zero-order valence-electron chi connectivity index (χ0n) is 14.0. The van der Waals surface area contributed by atoms with Crippen molar-refractivity contribution in [1.82, 2.24) is 15.3 Å². The third kappa shape index (κ3) is 4.93. The maximum absolute atomic E-state index is 12.0. The number of para-hydroxylation sites is 1. The number of carbonyl (C=O) groups is 1. The first kappa shape index (κ1) is 17.7. The number of aromatic nitrogens is 2. The minimum atomic E-state index is 0.0377. The molecule has 25 heavy (non-hydrogen) atoms. The Morgan fingerprint density at radius 3 is 2.92 bits per heavy atom. The Morgan fingerprint density at radius 1 is 1.24 bits per heavy atom. The molecule has 7 heteroatoms. The molecule has 2 heterocycles. The highest BCUT2D eigenvalue weighted by molar-refractivity contribution is 8.00. The second-order valence-corrected chi connectivity index (χ2v) is 7.44. The molecule has 0 aliphatic heterocycles. The van der Waals surface area contributed by atoms with E-state index in [1.54, 1.807) is 17.7 Å². The van der Waals surface area contributed by atoms with Crippen molar-refractivity contribution in [2.75, 3.05) is 30.8 Å². The second-order valence-electron chi connectivity index (χ2n) is 5.56. The van der Waals surface area contributed by atoms with Crippen LogP contribution in [0.5, 0.6) is 0 Å². The van der Waals surface area contributed by atoms with Gasteiger partial charge in [-0.25, -0.2) is 9.97 Å². The summed E-state index contributed by atoms with van der Waals surface area (Å²) in [6.45, 7) is 1.58. The van der Waals surface area contributed by atoms with E-state index in [1.165, 1.54) is 17.4 Å². The van der Waals surface area contributed by atoms with Crippen LogP contribution in [0.4, 0.5) is 5.69 Å². The summed E-state index contributed by atoms with van der Waals surface area (Å²) < 4.78 is 1.05. The van der Waals surface area contributed by atoms with Crippen molar-refractivity contribution in [2.45, 2.75) is 11.4 Å². The molecule has 1 aromatic carbocycles. The first-order valence-corrected chi connectivity index (χ1v) is 9.94. The summed E-state index contributed by atoms with van der Waals surface area (Å²) in [5.74, 6) is 0.411. The summed E-state index contributed by atoms with van der Waals surface area (Å²) in [7, 11) is 2.06. The third-order valence-electron chi connectivity index (χ3n) is 3.74. The first-order chi connectivity index (χ1) is 12.2. The number of thioether (sulfide) groups is 1. The fourth-order valence-corrected chi connectivity index (χ4v) is 4.19. The zero-order chi connectivity index (χ0) is 17.5. The quantitative estimate of drug-likeness (QED) is 0.373. The number of thiophene rings is 1. The van der Waals surface area contributed by atoms with Gasteiger partial charge in [0.2, 0.25) is 5.91 Å². The van der Waals surface area contributed by atoms with E-state index in [0.717, 1.165) is 28.2 Å². The van der Waals surface area contributed by atoms with Gasteiger partial charge in [0.1, 0.15) is 11.4 Å². The first-order valence-electron chi connectivity index (χ1n) is 8.08. The number of hydrogen-bond donors (Lipinski definition) is 1. The number of amides is 1. The summed E-state index contributed by atoms with van der Waals surface area (Å²) in [5, 5.41) is 5.84. The van der Waals surface area contributed by atoms with Crippen molar-refractivity contribution >= 4 is 44.9 Å². The van der Waals surface area contributed by atoms with Crippen LogP contribution in [0.15, 0.2) is 53.1 Å². The molecule has 0 fully saturated rings. The molecular formula is C18H20N4OS2. The molecule has 0 aliphatic carbocycles. The van der Waals surface area contributed by atoms with Crippen LogP contribution in [-0.4, -0.2) is 41.8 Å². The van der Waals surface area contributed by atoms with Crippen LogP contribution < -0.4 is 10.2 Å². The van der Waals surface area contributed by atoms with Crippen molar-refractivity contribution in [1.29, 1.82) is 0 Å². The molecule has 1 N–H and O–H groups in total.